The van der Waals surface area contributed by atoms with E-state index >= 15 is 0 Å². The molecule has 0 aliphatic heterocycles. The number of aromatic nitrogens is 1. The number of carbonyl (C=O) groups is 1. The van der Waals surface area contributed by atoms with Crippen LogP contribution in [0, 0.1) is 5.41 Å². The zero-order valence-corrected chi connectivity index (χ0v) is 8.97. The van der Waals surface area contributed by atoms with Crippen LogP contribution in [0.1, 0.15) is 19.4 Å². The van der Waals surface area contributed by atoms with Crippen molar-refractivity contribution in [1.29, 1.82) is 0 Å². The predicted molar refractivity (Wildman–Crippen MR) is 58.5 cm³/mol. The van der Waals surface area contributed by atoms with Crippen LogP contribution in [0.2, 0.25) is 0 Å². The Hall–Kier alpha value is -1.64. The largest absolute Gasteiger partial charge is 0.478 e. The van der Waals surface area contributed by atoms with Crippen molar-refractivity contribution in [2.24, 2.45) is 5.41 Å². The summed E-state index contributed by atoms with van der Waals surface area (Å²) in [5, 5.41) is 8.55. The van der Waals surface area contributed by atoms with Crippen LogP contribution < -0.4 is 0 Å². The minimum absolute atomic E-state index is 0.153. The van der Waals surface area contributed by atoms with Crippen molar-refractivity contribution in [3.05, 3.63) is 42.2 Å². The smallest absolute Gasteiger partial charge is 0.327 e. The van der Waals surface area contributed by atoms with E-state index in [9.17, 15) is 4.79 Å². The van der Waals surface area contributed by atoms with Gasteiger partial charge in [-0.3, -0.25) is 4.98 Å². The monoisotopic (exact) mass is 205 g/mol. The van der Waals surface area contributed by atoms with Gasteiger partial charge in [0.1, 0.15) is 0 Å². The molecule has 0 saturated heterocycles. The number of nitrogens with zero attached hydrogens (tertiary/aromatic N) is 1. The summed E-state index contributed by atoms with van der Waals surface area (Å²) in [5.41, 5.74) is 1.00. The van der Waals surface area contributed by atoms with Gasteiger partial charge in [-0.15, -0.1) is 0 Å². The first-order valence-corrected chi connectivity index (χ1v) is 4.81. The van der Waals surface area contributed by atoms with E-state index in [1.807, 2.05) is 26.0 Å². The quantitative estimate of drug-likeness (QED) is 0.767. The third kappa shape index (κ3) is 4.40. The van der Waals surface area contributed by atoms with E-state index in [1.54, 1.807) is 18.5 Å². The second-order valence-electron chi connectivity index (χ2n) is 4.19. The fraction of sp³-hybridized carbons (Fsp3) is 0.333. The lowest BCUT2D eigenvalue weighted by Crippen LogP contribution is -2.12. The van der Waals surface area contributed by atoms with Gasteiger partial charge < -0.3 is 5.11 Å². The molecule has 0 radical (unpaired) electrons. The first kappa shape index (κ1) is 11.4. The summed E-state index contributed by atoms with van der Waals surface area (Å²) in [7, 11) is 0. The van der Waals surface area contributed by atoms with Gasteiger partial charge in [0.05, 0.1) is 0 Å². The SMILES string of the molecule is CC(C)(/C=C/C(=O)O)Cc1ccncc1. The summed E-state index contributed by atoms with van der Waals surface area (Å²) in [6.45, 7) is 4.01. The molecule has 0 aliphatic carbocycles. The molecule has 15 heavy (non-hydrogen) atoms. The van der Waals surface area contributed by atoms with Crippen molar-refractivity contribution in [2.45, 2.75) is 20.3 Å². The van der Waals surface area contributed by atoms with Crippen LogP contribution in [-0.2, 0) is 11.2 Å². The van der Waals surface area contributed by atoms with Gasteiger partial charge in [0.2, 0.25) is 0 Å². The normalized spacial score (nSPS) is 11.9. The van der Waals surface area contributed by atoms with Crippen molar-refractivity contribution < 1.29 is 9.90 Å². The summed E-state index contributed by atoms with van der Waals surface area (Å²) in [6, 6.07) is 3.88. The molecule has 0 unspecified atom stereocenters. The molecule has 0 fully saturated rings. The molecule has 0 bridgehead atoms. The second-order valence-corrected chi connectivity index (χ2v) is 4.19. The highest BCUT2D eigenvalue weighted by Crippen LogP contribution is 2.22. The Labute approximate surface area is 89.5 Å². The van der Waals surface area contributed by atoms with Crippen LogP contribution in [0.25, 0.3) is 0 Å². The third-order valence-corrected chi connectivity index (χ3v) is 2.09. The maximum absolute atomic E-state index is 10.4. The van der Waals surface area contributed by atoms with E-state index in [0.29, 0.717) is 0 Å². The molecular weight excluding hydrogens is 190 g/mol. The molecule has 0 amide bonds. The maximum Gasteiger partial charge on any atom is 0.327 e. The lowest BCUT2D eigenvalue weighted by Gasteiger charge is -2.19. The molecule has 1 heterocycles. The number of allylic oxidation sites excluding steroid dienone is 1. The van der Waals surface area contributed by atoms with Crippen molar-refractivity contribution >= 4 is 5.97 Å². The molecule has 1 N–H and O–H groups in total. The summed E-state index contributed by atoms with van der Waals surface area (Å²) in [4.78, 5) is 14.3. The lowest BCUT2D eigenvalue weighted by atomic mass is 9.86. The first-order chi connectivity index (χ1) is 6.99. The number of rotatable bonds is 4. The van der Waals surface area contributed by atoms with Crippen LogP contribution in [-0.4, -0.2) is 16.1 Å². The minimum atomic E-state index is -0.905. The van der Waals surface area contributed by atoms with Gasteiger partial charge in [0, 0.05) is 18.5 Å². The average Bonchev–Trinajstić information content (AvgIpc) is 2.16. The molecule has 1 rings (SSSR count). The van der Waals surface area contributed by atoms with Gasteiger partial charge in [-0.05, 0) is 29.5 Å². The highest BCUT2D eigenvalue weighted by molar-refractivity contribution is 5.79. The predicted octanol–water partition coefficient (Wildman–Crippen LogP) is 2.29. The molecule has 0 aromatic carbocycles. The molecule has 0 saturated carbocycles. The van der Waals surface area contributed by atoms with Crippen molar-refractivity contribution in [3.8, 4) is 0 Å². The molecular formula is C12H15NO2. The number of aliphatic carboxylic acids is 1. The number of carboxylic acids is 1. The van der Waals surface area contributed by atoms with Crippen LogP contribution in [0.5, 0.6) is 0 Å². The Morgan fingerprint density at radius 2 is 2.07 bits per heavy atom. The molecule has 1 aromatic heterocycles. The summed E-state index contributed by atoms with van der Waals surface area (Å²) in [5.74, 6) is -0.905. The Morgan fingerprint density at radius 1 is 1.47 bits per heavy atom. The number of pyridine rings is 1. The third-order valence-electron chi connectivity index (χ3n) is 2.09. The number of hydrogen-bond donors (Lipinski definition) is 1. The topological polar surface area (TPSA) is 50.2 Å². The minimum Gasteiger partial charge on any atom is -0.478 e. The molecule has 3 heteroatoms. The van der Waals surface area contributed by atoms with Gasteiger partial charge in [-0.1, -0.05) is 19.9 Å². The Bertz CT molecular complexity index is 355. The number of hydrogen-bond acceptors (Lipinski definition) is 2. The Kier molecular flexibility index (Phi) is 3.61. The Morgan fingerprint density at radius 3 is 2.60 bits per heavy atom. The maximum atomic E-state index is 10.4. The molecule has 0 aliphatic rings. The standard InChI is InChI=1S/C12H15NO2/c1-12(2,6-3-11(14)15)9-10-4-7-13-8-5-10/h3-8H,9H2,1-2H3,(H,14,15)/b6-3+. The Balaban J connectivity index is 2.68. The molecule has 80 valence electrons. The summed E-state index contributed by atoms with van der Waals surface area (Å²) >= 11 is 0. The van der Waals surface area contributed by atoms with Gasteiger partial charge in [0.15, 0.2) is 0 Å². The van der Waals surface area contributed by atoms with Crippen LogP contribution in [0.3, 0.4) is 0 Å². The van der Waals surface area contributed by atoms with Crippen LogP contribution in [0.4, 0.5) is 0 Å². The lowest BCUT2D eigenvalue weighted by molar-refractivity contribution is -0.131. The van der Waals surface area contributed by atoms with E-state index in [1.165, 1.54) is 6.08 Å². The van der Waals surface area contributed by atoms with Crippen molar-refractivity contribution in [3.63, 3.8) is 0 Å². The molecule has 0 spiro atoms. The van der Waals surface area contributed by atoms with Crippen molar-refractivity contribution in [1.82, 2.24) is 4.98 Å². The summed E-state index contributed by atoms with van der Waals surface area (Å²) in [6.07, 6.45) is 7.20. The van der Waals surface area contributed by atoms with E-state index in [2.05, 4.69) is 4.98 Å². The van der Waals surface area contributed by atoms with Gasteiger partial charge in [-0.25, -0.2) is 4.79 Å². The molecule has 3 nitrogen and oxygen atoms in total. The molecule has 0 atom stereocenters. The van der Waals surface area contributed by atoms with E-state index in [4.69, 9.17) is 5.11 Å². The highest BCUT2D eigenvalue weighted by atomic mass is 16.4. The zero-order chi connectivity index (χ0) is 11.3. The van der Waals surface area contributed by atoms with Crippen LogP contribution >= 0.6 is 0 Å². The van der Waals surface area contributed by atoms with E-state index in [-0.39, 0.29) is 5.41 Å². The number of carboxylic acid groups (broad SMARTS) is 1. The fourth-order valence-electron chi connectivity index (χ4n) is 1.38. The van der Waals surface area contributed by atoms with Gasteiger partial charge in [0.25, 0.3) is 0 Å². The van der Waals surface area contributed by atoms with Crippen LogP contribution in [0.15, 0.2) is 36.7 Å². The second kappa shape index (κ2) is 4.73. The molecule has 1 aromatic rings. The first-order valence-electron chi connectivity index (χ1n) is 4.81. The van der Waals surface area contributed by atoms with Gasteiger partial charge >= 0.3 is 5.97 Å². The fourth-order valence-corrected chi connectivity index (χ4v) is 1.38. The van der Waals surface area contributed by atoms with Crippen molar-refractivity contribution in [2.75, 3.05) is 0 Å². The summed E-state index contributed by atoms with van der Waals surface area (Å²) < 4.78 is 0. The average molecular weight is 205 g/mol. The zero-order valence-electron chi connectivity index (χ0n) is 8.97. The van der Waals surface area contributed by atoms with E-state index < -0.39 is 5.97 Å². The van der Waals surface area contributed by atoms with E-state index in [0.717, 1.165) is 12.0 Å². The highest BCUT2D eigenvalue weighted by Gasteiger charge is 2.14. The van der Waals surface area contributed by atoms with Gasteiger partial charge in [-0.2, -0.15) is 0 Å².